The molecular weight excluding hydrogens is 996 g/mol. The molecule has 7 saturated heterocycles. The lowest BCUT2D eigenvalue weighted by molar-refractivity contribution is -0.393. The number of aliphatic hydroxyl groups is 20. The quantitative estimate of drug-likeness (QED) is 0.0682. The number of ether oxygens (including phenoxy) is 13. The summed E-state index contributed by atoms with van der Waals surface area (Å²) in [6, 6.07) is 0. The fourth-order valence-corrected chi connectivity index (χ4v) is 8.85. The first-order valence-electron chi connectivity index (χ1n) is 22.9. The van der Waals surface area contributed by atoms with Crippen molar-refractivity contribution in [2.45, 2.75) is 197 Å². The highest BCUT2D eigenvalue weighted by molar-refractivity contribution is 4.99. The van der Waals surface area contributed by atoms with Crippen LogP contribution in [0, 0.1) is 0 Å². The first-order chi connectivity index (χ1) is 34.0. The van der Waals surface area contributed by atoms with E-state index < -0.39 is 243 Å². The molecule has 7 fully saturated rings. The highest BCUT2D eigenvalue weighted by Crippen LogP contribution is 2.36. The van der Waals surface area contributed by atoms with Crippen LogP contribution >= 0.6 is 0 Å². The Bertz CT molecular complexity index is 1660. The van der Waals surface area contributed by atoms with Gasteiger partial charge in [0.15, 0.2) is 44.0 Å². The largest absolute Gasteiger partial charge is 0.394 e. The van der Waals surface area contributed by atoms with Crippen molar-refractivity contribution in [2.24, 2.45) is 0 Å². The minimum absolute atomic E-state index is 0.471. The van der Waals surface area contributed by atoms with Gasteiger partial charge in [0.05, 0.1) is 46.2 Å². The van der Waals surface area contributed by atoms with Crippen LogP contribution in [0.1, 0.15) is 0 Å². The van der Waals surface area contributed by atoms with Gasteiger partial charge in [-0.3, -0.25) is 0 Å². The molecule has 72 heavy (non-hydrogen) atoms. The van der Waals surface area contributed by atoms with Gasteiger partial charge in [-0.25, -0.2) is 0 Å². The van der Waals surface area contributed by atoms with Gasteiger partial charge in [0.2, 0.25) is 0 Å². The van der Waals surface area contributed by atoms with Crippen molar-refractivity contribution in [1.29, 1.82) is 0 Å². The van der Waals surface area contributed by atoms with Gasteiger partial charge < -0.3 is 164 Å². The summed E-state index contributed by atoms with van der Waals surface area (Å²) in [5.41, 5.74) is 0. The van der Waals surface area contributed by atoms with Gasteiger partial charge in [0.1, 0.15) is 153 Å². The number of hydrogen-bond donors (Lipinski definition) is 20. The van der Waals surface area contributed by atoms with Crippen molar-refractivity contribution in [3.8, 4) is 0 Å². The summed E-state index contributed by atoms with van der Waals surface area (Å²) in [7, 11) is 0. The van der Waals surface area contributed by atoms with Crippen LogP contribution < -0.4 is 0 Å². The summed E-state index contributed by atoms with van der Waals surface area (Å²) in [6.45, 7) is -4.95. The molecule has 0 aromatic carbocycles. The van der Waals surface area contributed by atoms with Crippen LogP contribution in [0.5, 0.6) is 0 Å². The molecule has 9 unspecified atom stereocenters. The maximum Gasteiger partial charge on any atom is 0.187 e. The fraction of sp³-hybridized carbons (Fsp3) is 1.00. The minimum Gasteiger partial charge on any atom is -0.394 e. The average molecular weight is 1060 g/mol. The topological polar surface area (TPSA) is 525 Å². The molecular formula is C39H66O33. The van der Waals surface area contributed by atoms with Crippen LogP contribution in [-0.4, -0.2) is 345 Å². The van der Waals surface area contributed by atoms with Gasteiger partial charge in [-0.05, 0) is 0 Å². The average Bonchev–Trinajstić information content (AvgIpc) is 3.36. The third-order valence-electron chi connectivity index (χ3n) is 13.3. The normalized spacial score (nSPS) is 53.8. The van der Waals surface area contributed by atoms with E-state index in [4.69, 9.17) is 61.6 Å². The van der Waals surface area contributed by atoms with Crippen molar-refractivity contribution in [3.63, 3.8) is 0 Å². The zero-order valence-corrected chi connectivity index (χ0v) is 37.7. The van der Waals surface area contributed by atoms with Crippen LogP contribution in [0.15, 0.2) is 0 Å². The molecule has 7 heterocycles. The third kappa shape index (κ3) is 12.5. The summed E-state index contributed by atoms with van der Waals surface area (Å²) in [6.07, 6.45) is -60.4. The van der Waals surface area contributed by atoms with E-state index in [1.165, 1.54) is 0 Å². The first kappa shape index (κ1) is 58.4. The van der Waals surface area contributed by atoms with Crippen LogP contribution in [0.4, 0.5) is 0 Å². The van der Waals surface area contributed by atoms with Gasteiger partial charge in [0.25, 0.3) is 0 Å². The van der Waals surface area contributed by atoms with Crippen molar-refractivity contribution < 1.29 is 164 Å². The van der Waals surface area contributed by atoms with E-state index in [-0.39, 0.29) is 0 Å². The molecule has 33 nitrogen and oxygen atoms in total. The van der Waals surface area contributed by atoms with Gasteiger partial charge in [-0.2, -0.15) is 0 Å². The second-order valence-electron chi connectivity index (χ2n) is 18.3. The molecule has 7 rings (SSSR count). The molecule has 0 spiro atoms. The lowest BCUT2D eigenvalue weighted by Gasteiger charge is -2.49. The summed E-state index contributed by atoms with van der Waals surface area (Å²) in [4.78, 5) is 0. The van der Waals surface area contributed by atoms with Crippen LogP contribution in [-0.2, 0) is 61.6 Å². The first-order valence-corrected chi connectivity index (χ1v) is 22.9. The minimum atomic E-state index is -2.30. The lowest BCUT2D eigenvalue weighted by atomic mass is 9.95. The number of hydrogen-bond acceptors (Lipinski definition) is 33. The molecule has 20 N–H and O–H groups in total. The molecule has 0 aromatic rings. The maximum atomic E-state index is 11.7. The Balaban J connectivity index is 1.11. The Labute approximate surface area is 406 Å². The summed E-state index contributed by atoms with van der Waals surface area (Å²) in [5, 5.41) is 211. The highest BCUT2D eigenvalue weighted by atomic mass is 16.8. The number of rotatable bonds is 16. The molecule has 32 atom stereocenters. The molecule has 0 radical (unpaired) electrons. The molecule has 0 bridgehead atoms. The van der Waals surface area contributed by atoms with Gasteiger partial charge >= 0.3 is 0 Å². The standard InChI is InChI=1S/C39H66O33/c40-1-11-30(20(49)23(52)33(59)66-11)70-38-28(57)21(50)32(14(68-38)7-65-36-26(55)17(46)10(43)4-62-36)72-39-29(58)22(51)31(13(69-39)6-64-35-25(54)16(45)9(42)3-61-35)71-37-27(56)19(48)18(47)12(67-37)5-63-34-24(53)15(44)8(41)2-60-34/h8-59H,1-7H2/t8?,9?,10?,11-,12-,13-,14-,15+,16+,17+,18-,19+,20-,21-,22-,23-,24?,25?,26?,27-,28-,29-,30-,31-,32-,33-,34?,35?,36?,37+,38+,39+/m1/s1. The molecule has 7 aliphatic rings. The Kier molecular flexibility index (Phi) is 20.3. The Morgan fingerprint density at radius 3 is 0.972 bits per heavy atom. The van der Waals surface area contributed by atoms with E-state index in [0.717, 1.165) is 0 Å². The molecule has 0 amide bonds. The molecule has 0 aromatic heterocycles. The summed E-state index contributed by atoms with van der Waals surface area (Å²) in [5.74, 6) is 0. The Morgan fingerprint density at radius 2 is 0.597 bits per heavy atom. The van der Waals surface area contributed by atoms with Crippen molar-refractivity contribution in [1.82, 2.24) is 0 Å². The summed E-state index contributed by atoms with van der Waals surface area (Å²) < 4.78 is 72.6. The fourth-order valence-electron chi connectivity index (χ4n) is 8.85. The maximum absolute atomic E-state index is 11.7. The zero-order chi connectivity index (χ0) is 52.6. The Morgan fingerprint density at radius 1 is 0.292 bits per heavy atom. The van der Waals surface area contributed by atoms with Crippen LogP contribution in [0.25, 0.3) is 0 Å². The van der Waals surface area contributed by atoms with E-state index in [0.29, 0.717) is 0 Å². The van der Waals surface area contributed by atoms with E-state index in [2.05, 4.69) is 0 Å². The molecule has 33 heteroatoms. The van der Waals surface area contributed by atoms with Gasteiger partial charge in [0, 0.05) is 0 Å². The van der Waals surface area contributed by atoms with E-state index >= 15 is 0 Å². The highest BCUT2D eigenvalue weighted by Gasteiger charge is 2.56. The van der Waals surface area contributed by atoms with Gasteiger partial charge in [-0.15, -0.1) is 0 Å². The zero-order valence-electron chi connectivity index (χ0n) is 37.7. The lowest BCUT2D eigenvalue weighted by Crippen LogP contribution is -2.68. The van der Waals surface area contributed by atoms with E-state index in [1.54, 1.807) is 0 Å². The Hall–Kier alpha value is -1.32. The second kappa shape index (κ2) is 25.0. The molecule has 420 valence electrons. The SMILES string of the molecule is OC[C@H]1O[C@@H](O)[C@H](O)[C@@H](O)[C@@H]1O[C@@H]1O[C@H](COC2OCC(O)[C@H](O)C2O)[C@@H](O[C@@H]2O[C@H](COC3OCC(O)[C@H](O)C3O)[C@@H](O[C@@H]3O[C@H](COC4OCC(O)[C@H](O)C4O)[C@@H](O)[C@H](O)[C@H]3O)[C@H](O)[C@H]2O)[C@H](O)[C@H]1O. The van der Waals surface area contributed by atoms with Crippen molar-refractivity contribution in [3.05, 3.63) is 0 Å². The molecule has 7 aliphatic heterocycles. The third-order valence-corrected chi connectivity index (χ3v) is 13.3. The van der Waals surface area contributed by atoms with Crippen LogP contribution in [0.3, 0.4) is 0 Å². The summed E-state index contributed by atoms with van der Waals surface area (Å²) >= 11 is 0. The van der Waals surface area contributed by atoms with Crippen molar-refractivity contribution in [2.75, 3.05) is 46.2 Å². The predicted molar refractivity (Wildman–Crippen MR) is 214 cm³/mol. The van der Waals surface area contributed by atoms with E-state index in [1.807, 2.05) is 0 Å². The second-order valence-corrected chi connectivity index (χ2v) is 18.3. The molecule has 0 saturated carbocycles. The molecule has 0 aliphatic carbocycles. The smallest absolute Gasteiger partial charge is 0.187 e. The van der Waals surface area contributed by atoms with Gasteiger partial charge in [-0.1, -0.05) is 0 Å². The predicted octanol–water partition coefficient (Wildman–Crippen LogP) is -14.4. The van der Waals surface area contributed by atoms with E-state index in [9.17, 15) is 102 Å². The van der Waals surface area contributed by atoms with Crippen molar-refractivity contribution >= 4 is 0 Å². The van der Waals surface area contributed by atoms with Crippen LogP contribution in [0.2, 0.25) is 0 Å². The monoisotopic (exact) mass is 1060 g/mol. The number of aliphatic hydroxyl groups excluding tert-OH is 20.